The van der Waals surface area contributed by atoms with Gasteiger partial charge in [-0.05, 0) is 63.2 Å². The van der Waals surface area contributed by atoms with Crippen LogP contribution in [0.15, 0.2) is 6.33 Å². The van der Waals surface area contributed by atoms with Crippen LogP contribution >= 0.6 is 0 Å². The van der Waals surface area contributed by atoms with E-state index >= 15 is 0 Å². The summed E-state index contributed by atoms with van der Waals surface area (Å²) >= 11 is 0. The highest BCUT2D eigenvalue weighted by Crippen LogP contribution is 2.38. The first kappa shape index (κ1) is 21.5. The van der Waals surface area contributed by atoms with Gasteiger partial charge in [0.15, 0.2) is 0 Å². The molecule has 5 nitrogen and oxygen atoms in total. The molecule has 0 spiro atoms. The summed E-state index contributed by atoms with van der Waals surface area (Å²) in [5.74, 6) is 3.35. The highest BCUT2D eigenvalue weighted by atomic mass is 16.3. The quantitative estimate of drug-likeness (QED) is 0.728. The number of hydrogen-bond acceptors (Lipinski definition) is 4. The standard InChI is InChI=1S/C23H39N3O2/c1-17-9-11-20(21(27)14-22-24-16-25-26-22)8-4-3-7-19(17)12-10-18-6-5-13-23(2,28)15-18/h16-20,28H,3-15H2,1-2H3,(H,24,25,26). The zero-order valence-corrected chi connectivity index (χ0v) is 17.8. The van der Waals surface area contributed by atoms with Gasteiger partial charge in [-0.15, -0.1) is 0 Å². The van der Waals surface area contributed by atoms with Crippen LogP contribution < -0.4 is 0 Å². The Kier molecular flexibility index (Phi) is 7.67. The summed E-state index contributed by atoms with van der Waals surface area (Å²) in [4.78, 5) is 16.8. The molecule has 0 aliphatic heterocycles. The molecule has 2 saturated carbocycles. The highest BCUT2D eigenvalue weighted by molar-refractivity contribution is 5.82. The second-order valence-electron chi connectivity index (χ2n) is 9.91. The molecule has 2 fully saturated rings. The maximum Gasteiger partial charge on any atom is 0.143 e. The van der Waals surface area contributed by atoms with Crippen molar-refractivity contribution in [3.63, 3.8) is 0 Å². The lowest BCUT2D eigenvalue weighted by Gasteiger charge is -2.35. The monoisotopic (exact) mass is 389 g/mol. The fraction of sp³-hybridized carbons (Fsp3) is 0.870. The second-order valence-corrected chi connectivity index (χ2v) is 9.91. The van der Waals surface area contributed by atoms with E-state index in [1.165, 1.54) is 44.9 Å². The summed E-state index contributed by atoms with van der Waals surface area (Å²) in [6.07, 6.45) is 15.7. The molecule has 2 aliphatic rings. The summed E-state index contributed by atoms with van der Waals surface area (Å²) in [5.41, 5.74) is -0.440. The SMILES string of the molecule is CC1CCC(C(=O)Cc2ncn[nH]2)CCCCC1CCC1CCCC(C)(O)C1. The van der Waals surface area contributed by atoms with E-state index in [1.807, 2.05) is 6.92 Å². The van der Waals surface area contributed by atoms with E-state index in [1.54, 1.807) is 0 Å². The maximum atomic E-state index is 12.7. The number of aliphatic hydroxyl groups is 1. The van der Waals surface area contributed by atoms with Crippen LogP contribution in [0.3, 0.4) is 0 Å². The van der Waals surface area contributed by atoms with Crippen LogP contribution in [-0.2, 0) is 11.2 Å². The van der Waals surface area contributed by atoms with E-state index < -0.39 is 5.60 Å². The van der Waals surface area contributed by atoms with E-state index in [0.29, 0.717) is 29.9 Å². The molecule has 2 aliphatic carbocycles. The summed E-state index contributed by atoms with van der Waals surface area (Å²) in [5, 5.41) is 17.1. The van der Waals surface area contributed by atoms with Crippen LogP contribution in [0.1, 0.15) is 96.7 Å². The topological polar surface area (TPSA) is 78.9 Å². The van der Waals surface area contributed by atoms with Crippen LogP contribution in [0.25, 0.3) is 0 Å². The summed E-state index contributed by atoms with van der Waals surface area (Å²) < 4.78 is 0. The lowest BCUT2D eigenvalue weighted by molar-refractivity contribution is -0.122. The van der Waals surface area contributed by atoms with Gasteiger partial charge in [0.25, 0.3) is 0 Å². The molecule has 0 bridgehead atoms. The van der Waals surface area contributed by atoms with Gasteiger partial charge in [-0.25, -0.2) is 4.98 Å². The van der Waals surface area contributed by atoms with E-state index in [0.717, 1.165) is 44.4 Å². The largest absolute Gasteiger partial charge is 0.390 e. The lowest BCUT2D eigenvalue weighted by atomic mass is 9.74. The van der Waals surface area contributed by atoms with Crippen LogP contribution in [0.2, 0.25) is 0 Å². The summed E-state index contributed by atoms with van der Waals surface area (Å²) in [7, 11) is 0. The second kappa shape index (κ2) is 10.00. The molecule has 5 atom stereocenters. The average molecular weight is 390 g/mol. The van der Waals surface area contributed by atoms with E-state index in [4.69, 9.17) is 0 Å². The van der Waals surface area contributed by atoms with Crippen molar-refractivity contribution >= 4 is 5.78 Å². The Hall–Kier alpha value is -1.23. The van der Waals surface area contributed by atoms with Crippen molar-refractivity contribution in [2.75, 3.05) is 0 Å². The lowest BCUT2D eigenvalue weighted by Crippen LogP contribution is -2.32. The fourth-order valence-electron chi connectivity index (χ4n) is 5.60. The molecular weight excluding hydrogens is 350 g/mol. The number of aromatic amines is 1. The number of ketones is 1. The zero-order chi connectivity index (χ0) is 20.0. The minimum Gasteiger partial charge on any atom is -0.390 e. The number of nitrogens with zero attached hydrogens (tertiary/aromatic N) is 2. The third-order valence-electron chi connectivity index (χ3n) is 7.42. The summed E-state index contributed by atoms with van der Waals surface area (Å²) in [6.45, 7) is 4.41. The van der Waals surface area contributed by atoms with Gasteiger partial charge in [0.2, 0.25) is 0 Å². The molecule has 5 unspecified atom stereocenters. The normalized spacial score (nSPS) is 35.0. The van der Waals surface area contributed by atoms with Crippen LogP contribution in [0.4, 0.5) is 0 Å². The van der Waals surface area contributed by atoms with Crippen molar-refractivity contribution in [2.45, 2.75) is 103 Å². The molecule has 158 valence electrons. The Morgan fingerprint density at radius 2 is 2.00 bits per heavy atom. The van der Waals surface area contributed by atoms with Crippen LogP contribution in [0, 0.1) is 23.7 Å². The number of nitrogens with one attached hydrogen (secondary N) is 1. The first-order chi connectivity index (χ1) is 13.4. The van der Waals surface area contributed by atoms with E-state index in [9.17, 15) is 9.90 Å². The Morgan fingerprint density at radius 3 is 2.75 bits per heavy atom. The van der Waals surface area contributed by atoms with Gasteiger partial charge in [-0.1, -0.05) is 45.4 Å². The molecular formula is C23H39N3O2. The van der Waals surface area contributed by atoms with Gasteiger partial charge < -0.3 is 5.11 Å². The number of carbonyl (C=O) groups is 1. The van der Waals surface area contributed by atoms with Gasteiger partial charge in [0.05, 0.1) is 12.0 Å². The van der Waals surface area contributed by atoms with Gasteiger partial charge in [0, 0.05) is 5.92 Å². The average Bonchev–Trinajstić information content (AvgIpc) is 3.16. The molecule has 5 heteroatoms. The molecule has 0 aromatic carbocycles. The van der Waals surface area contributed by atoms with Gasteiger partial charge >= 0.3 is 0 Å². The van der Waals surface area contributed by atoms with Crippen molar-refractivity contribution in [3.8, 4) is 0 Å². The third-order valence-corrected chi connectivity index (χ3v) is 7.42. The summed E-state index contributed by atoms with van der Waals surface area (Å²) in [6, 6.07) is 0. The van der Waals surface area contributed by atoms with Crippen LogP contribution in [-0.4, -0.2) is 31.7 Å². The van der Waals surface area contributed by atoms with E-state index in [-0.39, 0.29) is 5.92 Å². The molecule has 0 saturated heterocycles. The number of Topliss-reactive ketones (excluding diaryl/α,β-unsaturated/α-hetero) is 1. The predicted octanol–water partition coefficient (Wildman–Crippen LogP) is 4.86. The van der Waals surface area contributed by atoms with Gasteiger partial charge in [0.1, 0.15) is 17.9 Å². The molecule has 1 heterocycles. The third kappa shape index (κ3) is 6.40. The predicted molar refractivity (Wildman–Crippen MR) is 111 cm³/mol. The van der Waals surface area contributed by atoms with Crippen molar-refractivity contribution in [1.82, 2.24) is 15.2 Å². The molecule has 1 aromatic rings. The Morgan fingerprint density at radius 1 is 1.18 bits per heavy atom. The van der Waals surface area contributed by atoms with Crippen molar-refractivity contribution < 1.29 is 9.90 Å². The number of aromatic nitrogens is 3. The Labute approximate surface area is 170 Å². The molecule has 0 amide bonds. The highest BCUT2D eigenvalue weighted by Gasteiger charge is 2.31. The maximum absolute atomic E-state index is 12.7. The van der Waals surface area contributed by atoms with Crippen LogP contribution in [0.5, 0.6) is 0 Å². The zero-order valence-electron chi connectivity index (χ0n) is 17.8. The van der Waals surface area contributed by atoms with Gasteiger partial charge in [-0.3, -0.25) is 9.89 Å². The van der Waals surface area contributed by atoms with E-state index in [2.05, 4.69) is 22.1 Å². The smallest absolute Gasteiger partial charge is 0.143 e. The number of H-pyrrole nitrogens is 1. The first-order valence-corrected chi connectivity index (χ1v) is 11.5. The van der Waals surface area contributed by atoms with Gasteiger partial charge in [-0.2, -0.15) is 5.10 Å². The first-order valence-electron chi connectivity index (χ1n) is 11.5. The van der Waals surface area contributed by atoms with Crippen molar-refractivity contribution in [2.24, 2.45) is 23.7 Å². The number of hydrogen-bond donors (Lipinski definition) is 2. The molecule has 2 N–H and O–H groups in total. The molecule has 1 aromatic heterocycles. The molecule has 3 rings (SSSR count). The van der Waals surface area contributed by atoms with Crippen molar-refractivity contribution in [3.05, 3.63) is 12.2 Å². The fourth-order valence-corrected chi connectivity index (χ4v) is 5.60. The molecule has 0 radical (unpaired) electrons. The Bertz CT molecular complexity index is 599. The Balaban J connectivity index is 1.48. The number of carbonyl (C=O) groups excluding carboxylic acids is 1. The minimum atomic E-state index is -0.440. The molecule has 28 heavy (non-hydrogen) atoms. The minimum absolute atomic E-state index is 0.180. The van der Waals surface area contributed by atoms with Crippen molar-refractivity contribution in [1.29, 1.82) is 0 Å². The number of rotatable bonds is 6.